The highest BCUT2D eigenvalue weighted by atomic mass is 19.1. The van der Waals surface area contributed by atoms with Crippen LogP contribution >= 0.6 is 0 Å². The van der Waals surface area contributed by atoms with Crippen LogP contribution in [0.25, 0.3) is 5.69 Å². The van der Waals surface area contributed by atoms with Crippen molar-refractivity contribution < 1.29 is 18.7 Å². The van der Waals surface area contributed by atoms with E-state index in [1.54, 1.807) is 12.1 Å². The Kier molecular flexibility index (Phi) is 6.59. The summed E-state index contributed by atoms with van der Waals surface area (Å²) < 4.78 is 25.8. The molecule has 0 saturated heterocycles. The van der Waals surface area contributed by atoms with Crippen LogP contribution in [0.2, 0.25) is 0 Å². The van der Waals surface area contributed by atoms with Gasteiger partial charge in [0, 0.05) is 25.7 Å². The quantitative estimate of drug-likeness (QED) is 0.384. The number of aryl methyl sites for hydroxylation is 1. The highest BCUT2D eigenvalue weighted by Gasteiger charge is 2.34. The van der Waals surface area contributed by atoms with Gasteiger partial charge in [-0.25, -0.2) is 9.07 Å². The van der Waals surface area contributed by atoms with Gasteiger partial charge < -0.3 is 9.47 Å². The van der Waals surface area contributed by atoms with Crippen LogP contribution in [0.1, 0.15) is 52.5 Å². The Morgan fingerprint density at radius 3 is 2.52 bits per heavy atom. The van der Waals surface area contributed by atoms with Gasteiger partial charge in [-0.2, -0.15) is 5.10 Å². The summed E-state index contributed by atoms with van der Waals surface area (Å²) in [5.74, 6) is -0.335. The monoisotopic (exact) mass is 422 g/mol. The molecule has 162 valence electrons. The lowest BCUT2D eigenvalue weighted by atomic mass is 9.82. The minimum Gasteiger partial charge on any atom is -0.349 e. The topological polar surface area (TPSA) is 53.4 Å². The molecule has 0 bridgehead atoms. The highest BCUT2D eigenvalue weighted by Crippen LogP contribution is 2.38. The van der Waals surface area contributed by atoms with Crippen molar-refractivity contribution >= 4 is 5.78 Å². The number of Topliss-reactive ketones (excluding diaryl/α,β-unsaturated/α-hetero) is 1. The number of carbonyl (C=O) groups is 1. The van der Waals surface area contributed by atoms with Gasteiger partial charge in [-0.05, 0) is 61.9 Å². The number of aromatic nitrogens is 2. The van der Waals surface area contributed by atoms with Gasteiger partial charge in [0.2, 0.25) is 12.1 Å². The van der Waals surface area contributed by atoms with Crippen LogP contribution in [-0.4, -0.2) is 36.1 Å². The molecule has 0 amide bonds. The Morgan fingerprint density at radius 2 is 1.84 bits per heavy atom. The van der Waals surface area contributed by atoms with Crippen LogP contribution < -0.4 is 0 Å². The van der Waals surface area contributed by atoms with Crippen molar-refractivity contribution in [2.24, 2.45) is 0 Å². The van der Waals surface area contributed by atoms with Crippen molar-refractivity contribution in [3.05, 3.63) is 82.9 Å². The van der Waals surface area contributed by atoms with E-state index >= 15 is 0 Å². The van der Waals surface area contributed by atoms with Gasteiger partial charge in [0.15, 0.2) is 0 Å². The minimum atomic E-state index is -0.995. The van der Waals surface area contributed by atoms with E-state index in [0.29, 0.717) is 5.69 Å². The maximum atomic E-state index is 13.5. The number of carbonyl (C=O) groups excluding carboxylic acids is 1. The van der Waals surface area contributed by atoms with E-state index in [0.717, 1.165) is 49.0 Å². The van der Waals surface area contributed by atoms with E-state index in [1.165, 1.54) is 31.9 Å². The highest BCUT2D eigenvalue weighted by molar-refractivity contribution is 5.98. The van der Waals surface area contributed by atoms with Crippen LogP contribution in [0.15, 0.2) is 54.6 Å². The van der Waals surface area contributed by atoms with E-state index in [2.05, 4.69) is 24.3 Å². The lowest BCUT2D eigenvalue weighted by Gasteiger charge is -2.25. The van der Waals surface area contributed by atoms with Crippen molar-refractivity contribution in [3.8, 4) is 5.69 Å². The molecule has 0 radical (unpaired) electrons. The molecule has 0 aliphatic heterocycles. The molecule has 0 saturated carbocycles. The van der Waals surface area contributed by atoms with Gasteiger partial charge in [-0.15, -0.1) is 0 Å². The maximum Gasteiger partial charge on any atom is 0.239 e. The second kappa shape index (κ2) is 9.54. The Hall–Kier alpha value is -2.83. The van der Waals surface area contributed by atoms with Gasteiger partial charge >= 0.3 is 0 Å². The van der Waals surface area contributed by atoms with Gasteiger partial charge in [-0.1, -0.05) is 30.3 Å². The smallest absolute Gasteiger partial charge is 0.239 e. The fraction of sp³-hybridized carbons (Fsp3) is 0.360. The average molecular weight is 423 g/mol. The van der Waals surface area contributed by atoms with Crippen molar-refractivity contribution in [2.75, 3.05) is 14.2 Å². The van der Waals surface area contributed by atoms with Crippen molar-refractivity contribution in [2.45, 2.75) is 44.3 Å². The number of halogens is 1. The first-order valence-corrected chi connectivity index (χ1v) is 10.6. The minimum absolute atomic E-state index is 0.256. The van der Waals surface area contributed by atoms with Crippen LogP contribution in [0.4, 0.5) is 4.39 Å². The second-order valence-corrected chi connectivity index (χ2v) is 7.88. The Labute approximate surface area is 181 Å². The molecule has 1 atom stereocenters. The summed E-state index contributed by atoms with van der Waals surface area (Å²) in [7, 11) is 2.89. The molecule has 0 fully saturated rings. The number of benzene rings is 2. The van der Waals surface area contributed by atoms with Crippen LogP contribution in [0, 0.1) is 5.82 Å². The number of nitrogens with zero attached hydrogens (tertiary/aromatic N) is 2. The molecule has 3 aromatic rings. The zero-order valence-corrected chi connectivity index (χ0v) is 17.9. The van der Waals surface area contributed by atoms with Crippen molar-refractivity contribution in [1.82, 2.24) is 9.78 Å². The average Bonchev–Trinajstić information content (AvgIpc) is 3.20. The number of ketones is 1. The zero-order chi connectivity index (χ0) is 21.8. The predicted molar refractivity (Wildman–Crippen MR) is 116 cm³/mol. The lowest BCUT2D eigenvalue weighted by molar-refractivity contribution is -0.0745. The number of hydrogen-bond donors (Lipinski definition) is 0. The molecule has 5 nitrogen and oxygen atoms in total. The summed E-state index contributed by atoms with van der Waals surface area (Å²) in [4.78, 5) is 13.1. The van der Waals surface area contributed by atoms with Crippen molar-refractivity contribution in [1.29, 1.82) is 0 Å². The van der Waals surface area contributed by atoms with Crippen molar-refractivity contribution in [3.63, 3.8) is 0 Å². The predicted octanol–water partition coefficient (Wildman–Crippen LogP) is 4.87. The molecular formula is C25H27FN2O3. The summed E-state index contributed by atoms with van der Waals surface area (Å²) in [6, 6.07) is 16.6. The molecule has 2 aromatic carbocycles. The SMILES string of the molecule is COC(OC)C(=O)c1nn(-c2ccc(F)cc2)c2c1CCCC2CCc1ccccc1. The standard InChI is InChI=1S/C25H27FN2O3/c1-30-25(31-2)24(29)22-21-10-6-9-18(12-11-17-7-4-3-5-8-17)23(21)28(27-22)20-15-13-19(26)14-16-20/h3-5,7-8,13-16,18,25H,6,9-12H2,1-2H3. The molecule has 1 aromatic heterocycles. The molecule has 1 heterocycles. The molecule has 0 spiro atoms. The largest absolute Gasteiger partial charge is 0.349 e. The number of ether oxygens (including phenoxy) is 2. The third kappa shape index (κ3) is 4.45. The van der Waals surface area contributed by atoms with Gasteiger partial charge in [0.05, 0.1) is 11.4 Å². The molecule has 0 N–H and O–H groups in total. The number of rotatable bonds is 8. The Bertz CT molecular complexity index is 1030. The third-order valence-electron chi connectivity index (χ3n) is 5.96. The normalized spacial score (nSPS) is 15.8. The summed E-state index contributed by atoms with van der Waals surface area (Å²) in [6.07, 6.45) is 3.70. The third-order valence-corrected chi connectivity index (χ3v) is 5.96. The Morgan fingerprint density at radius 1 is 1.13 bits per heavy atom. The first kappa shape index (κ1) is 21.4. The number of hydrogen-bond acceptors (Lipinski definition) is 4. The summed E-state index contributed by atoms with van der Waals surface area (Å²) in [6.45, 7) is 0. The fourth-order valence-electron chi connectivity index (χ4n) is 4.46. The second-order valence-electron chi connectivity index (χ2n) is 7.88. The van der Waals surface area contributed by atoms with E-state index in [9.17, 15) is 9.18 Å². The van der Waals surface area contributed by atoms with Crippen LogP contribution in [0.3, 0.4) is 0 Å². The molecule has 4 rings (SSSR count). The van der Waals surface area contributed by atoms with Gasteiger partial charge in [0.1, 0.15) is 11.5 Å². The number of methoxy groups -OCH3 is 2. The summed E-state index contributed by atoms with van der Waals surface area (Å²) in [5.41, 5.74) is 4.42. The first-order chi connectivity index (χ1) is 15.1. The Balaban J connectivity index is 1.75. The molecule has 1 aliphatic carbocycles. The van der Waals surface area contributed by atoms with E-state index < -0.39 is 6.29 Å². The molecule has 6 heteroatoms. The van der Waals surface area contributed by atoms with E-state index in [-0.39, 0.29) is 17.5 Å². The van der Waals surface area contributed by atoms with Crippen LogP contribution in [0.5, 0.6) is 0 Å². The van der Waals surface area contributed by atoms with E-state index in [4.69, 9.17) is 14.6 Å². The molecule has 31 heavy (non-hydrogen) atoms. The molecule has 1 aliphatic rings. The van der Waals surface area contributed by atoms with Crippen LogP contribution in [-0.2, 0) is 22.3 Å². The maximum absolute atomic E-state index is 13.5. The summed E-state index contributed by atoms with van der Waals surface area (Å²) in [5, 5.41) is 4.70. The van der Waals surface area contributed by atoms with Gasteiger partial charge in [-0.3, -0.25) is 4.79 Å². The van der Waals surface area contributed by atoms with E-state index in [1.807, 2.05) is 10.7 Å². The fourth-order valence-corrected chi connectivity index (χ4v) is 4.46. The first-order valence-electron chi connectivity index (χ1n) is 10.6. The summed E-state index contributed by atoms with van der Waals surface area (Å²) >= 11 is 0. The molecule has 1 unspecified atom stereocenters. The van der Waals surface area contributed by atoms with Gasteiger partial charge in [0.25, 0.3) is 0 Å². The lowest BCUT2D eigenvalue weighted by Crippen LogP contribution is -2.26. The molecular weight excluding hydrogens is 395 g/mol. The number of fused-ring (bicyclic) bond motifs is 1. The zero-order valence-electron chi connectivity index (χ0n) is 17.9.